The Bertz CT molecular complexity index is 516. The van der Waals surface area contributed by atoms with Crippen molar-refractivity contribution in [1.29, 1.82) is 0 Å². The van der Waals surface area contributed by atoms with Crippen LogP contribution in [0.25, 0.3) is 0 Å². The van der Waals surface area contributed by atoms with Crippen LogP contribution < -0.4 is 14.8 Å². The molecule has 1 aliphatic rings. The molecule has 0 atom stereocenters. The minimum atomic E-state index is -0.0949. The Kier molecular flexibility index (Phi) is 4.45. The molecule has 1 heterocycles. The monoisotopic (exact) mass is 278 g/mol. The highest BCUT2D eigenvalue weighted by Crippen LogP contribution is 2.25. The van der Waals surface area contributed by atoms with E-state index in [0.717, 1.165) is 5.56 Å². The van der Waals surface area contributed by atoms with E-state index in [1.165, 1.54) is 0 Å². The number of ether oxygens (including phenoxy) is 2. The van der Waals surface area contributed by atoms with E-state index >= 15 is 0 Å². The Labute approximate surface area is 117 Å². The molecule has 0 bridgehead atoms. The van der Waals surface area contributed by atoms with Gasteiger partial charge >= 0.3 is 0 Å². The molecule has 1 N–H and O–H groups in total. The van der Waals surface area contributed by atoms with Crippen molar-refractivity contribution >= 4 is 11.8 Å². The van der Waals surface area contributed by atoms with E-state index in [1.807, 2.05) is 12.1 Å². The molecule has 1 aliphatic heterocycles. The lowest BCUT2D eigenvalue weighted by molar-refractivity contribution is -0.130. The van der Waals surface area contributed by atoms with Gasteiger partial charge in [0.2, 0.25) is 11.8 Å². The number of carbonyl (C=O) groups is 2. The van der Waals surface area contributed by atoms with Gasteiger partial charge in [0.05, 0.1) is 20.8 Å². The Hall–Kier alpha value is -2.24. The van der Waals surface area contributed by atoms with Crippen LogP contribution in [-0.2, 0) is 16.1 Å². The van der Waals surface area contributed by atoms with Crippen molar-refractivity contribution in [2.24, 2.45) is 0 Å². The second kappa shape index (κ2) is 6.27. The fourth-order valence-corrected chi connectivity index (χ4v) is 2.09. The minimum Gasteiger partial charge on any atom is -0.497 e. The summed E-state index contributed by atoms with van der Waals surface area (Å²) < 4.78 is 10.5. The molecule has 1 saturated heterocycles. The fourth-order valence-electron chi connectivity index (χ4n) is 2.09. The number of hydrogen-bond donors (Lipinski definition) is 1. The van der Waals surface area contributed by atoms with Crippen LogP contribution in [0.4, 0.5) is 0 Å². The second-order valence-corrected chi connectivity index (χ2v) is 4.52. The van der Waals surface area contributed by atoms with E-state index in [1.54, 1.807) is 25.2 Å². The Morgan fingerprint density at radius 2 is 2.05 bits per heavy atom. The van der Waals surface area contributed by atoms with E-state index < -0.39 is 0 Å². The van der Waals surface area contributed by atoms with Crippen molar-refractivity contribution in [3.63, 3.8) is 0 Å². The first kappa shape index (κ1) is 14.2. The lowest BCUT2D eigenvalue weighted by Crippen LogP contribution is -2.34. The van der Waals surface area contributed by atoms with Crippen molar-refractivity contribution in [3.8, 4) is 11.5 Å². The SMILES string of the molecule is COc1ccc(CN2CCC(=O)NCC2=O)c(OC)c1. The highest BCUT2D eigenvalue weighted by atomic mass is 16.5. The van der Waals surface area contributed by atoms with Crippen molar-refractivity contribution < 1.29 is 19.1 Å². The number of benzene rings is 1. The summed E-state index contributed by atoms with van der Waals surface area (Å²) in [6.07, 6.45) is 0.324. The summed E-state index contributed by atoms with van der Waals surface area (Å²) in [6, 6.07) is 5.47. The largest absolute Gasteiger partial charge is 0.497 e. The third-order valence-corrected chi connectivity index (χ3v) is 3.25. The van der Waals surface area contributed by atoms with E-state index in [-0.39, 0.29) is 18.4 Å². The first-order chi connectivity index (χ1) is 9.63. The van der Waals surface area contributed by atoms with Gasteiger partial charge in [0.25, 0.3) is 0 Å². The molecule has 1 aromatic rings. The van der Waals surface area contributed by atoms with Crippen molar-refractivity contribution in [2.45, 2.75) is 13.0 Å². The molecule has 6 heteroatoms. The maximum Gasteiger partial charge on any atom is 0.242 e. The van der Waals surface area contributed by atoms with Gasteiger partial charge in [0, 0.05) is 31.1 Å². The number of nitrogens with zero attached hydrogens (tertiary/aromatic N) is 1. The maximum absolute atomic E-state index is 11.9. The summed E-state index contributed by atoms with van der Waals surface area (Å²) in [5.41, 5.74) is 0.885. The standard InChI is InChI=1S/C14H18N2O4/c1-19-11-4-3-10(12(7-11)20-2)9-16-6-5-13(17)15-8-14(16)18/h3-4,7H,5-6,8-9H2,1-2H3,(H,15,17). The number of hydrogen-bond acceptors (Lipinski definition) is 4. The first-order valence-electron chi connectivity index (χ1n) is 6.39. The average Bonchev–Trinajstić information content (AvgIpc) is 2.63. The molecule has 2 rings (SSSR count). The van der Waals surface area contributed by atoms with E-state index in [0.29, 0.717) is 31.0 Å². The third-order valence-electron chi connectivity index (χ3n) is 3.25. The van der Waals surface area contributed by atoms with Crippen LogP contribution in [0.1, 0.15) is 12.0 Å². The first-order valence-corrected chi connectivity index (χ1v) is 6.39. The number of nitrogens with one attached hydrogen (secondary N) is 1. The normalized spacial score (nSPS) is 15.6. The molecule has 2 amide bonds. The highest BCUT2D eigenvalue weighted by molar-refractivity contribution is 5.87. The van der Waals surface area contributed by atoms with Crippen molar-refractivity contribution in [2.75, 3.05) is 27.3 Å². The van der Waals surface area contributed by atoms with Gasteiger partial charge in [-0.05, 0) is 12.1 Å². The highest BCUT2D eigenvalue weighted by Gasteiger charge is 2.21. The van der Waals surface area contributed by atoms with Gasteiger partial charge in [-0.2, -0.15) is 0 Å². The Morgan fingerprint density at radius 3 is 2.75 bits per heavy atom. The van der Waals surface area contributed by atoms with Crippen LogP contribution in [0.3, 0.4) is 0 Å². The van der Waals surface area contributed by atoms with Crippen LogP contribution in [0.15, 0.2) is 18.2 Å². The predicted octanol–water partition coefficient (Wildman–Crippen LogP) is 0.552. The van der Waals surface area contributed by atoms with Crippen molar-refractivity contribution in [3.05, 3.63) is 23.8 Å². The molecule has 108 valence electrons. The molecule has 1 fully saturated rings. The third kappa shape index (κ3) is 3.20. The summed E-state index contributed by atoms with van der Waals surface area (Å²) in [7, 11) is 3.16. The van der Waals surface area contributed by atoms with Gasteiger partial charge in [-0.15, -0.1) is 0 Å². The topological polar surface area (TPSA) is 67.9 Å². The van der Waals surface area contributed by atoms with Crippen LogP contribution in [0.5, 0.6) is 11.5 Å². The van der Waals surface area contributed by atoms with Gasteiger partial charge in [-0.1, -0.05) is 0 Å². The molecule has 0 unspecified atom stereocenters. The maximum atomic E-state index is 11.9. The zero-order valence-electron chi connectivity index (χ0n) is 11.6. The van der Waals surface area contributed by atoms with Gasteiger partial charge in [-0.3, -0.25) is 9.59 Å². The molecule has 0 radical (unpaired) electrons. The van der Waals surface area contributed by atoms with Crippen LogP contribution >= 0.6 is 0 Å². The summed E-state index contributed by atoms with van der Waals surface area (Å²) in [4.78, 5) is 24.9. The van der Waals surface area contributed by atoms with Crippen LogP contribution in [0.2, 0.25) is 0 Å². The zero-order valence-corrected chi connectivity index (χ0v) is 11.6. The Balaban J connectivity index is 2.16. The number of carbonyl (C=O) groups excluding carboxylic acids is 2. The molecule has 1 aromatic carbocycles. The van der Waals surface area contributed by atoms with E-state index in [4.69, 9.17) is 9.47 Å². The lowest BCUT2D eigenvalue weighted by atomic mass is 10.1. The minimum absolute atomic E-state index is 0.0529. The predicted molar refractivity (Wildman–Crippen MR) is 72.6 cm³/mol. The zero-order chi connectivity index (χ0) is 14.5. The molecular formula is C14H18N2O4. The summed E-state index contributed by atoms with van der Waals surface area (Å²) in [5, 5.41) is 2.58. The van der Waals surface area contributed by atoms with Gasteiger partial charge in [0.15, 0.2) is 0 Å². The van der Waals surface area contributed by atoms with Gasteiger partial charge in [-0.25, -0.2) is 0 Å². The number of amides is 2. The van der Waals surface area contributed by atoms with Crippen molar-refractivity contribution in [1.82, 2.24) is 10.2 Å². The molecule has 0 aliphatic carbocycles. The fraction of sp³-hybridized carbons (Fsp3) is 0.429. The van der Waals surface area contributed by atoms with E-state index in [9.17, 15) is 9.59 Å². The molecule has 20 heavy (non-hydrogen) atoms. The van der Waals surface area contributed by atoms with Crippen LogP contribution in [0, 0.1) is 0 Å². The second-order valence-electron chi connectivity index (χ2n) is 4.52. The number of methoxy groups -OCH3 is 2. The van der Waals surface area contributed by atoms with Gasteiger partial charge < -0.3 is 19.7 Å². The van der Waals surface area contributed by atoms with Crippen LogP contribution in [-0.4, -0.2) is 44.0 Å². The lowest BCUT2D eigenvalue weighted by Gasteiger charge is -2.21. The molecule has 0 spiro atoms. The molecule has 6 nitrogen and oxygen atoms in total. The quantitative estimate of drug-likeness (QED) is 0.873. The smallest absolute Gasteiger partial charge is 0.242 e. The summed E-state index contributed by atoms with van der Waals surface area (Å²) >= 11 is 0. The van der Waals surface area contributed by atoms with Gasteiger partial charge in [0.1, 0.15) is 11.5 Å². The number of rotatable bonds is 4. The molecule has 0 saturated carbocycles. The Morgan fingerprint density at radius 1 is 1.25 bits per heavy atom. The summed E-state index contributed by atoms with van der Waals surface area (Å²) in [6.45, 7) is 0.887. The average molecular weight is 278 g/mol. The molecular weight excluding hydrogens is 260 g/mol. The summed E-state index contributed by atoms with van der Waals surface area (Å²) in [5.74, 6) is 1.18. The molecule has 0 aromatic heterocycles. The van der Waals surface area contributed by atoms with E-state index in [2.05, 4.69) is 5.32 Å².